The fourth-order valence-electron chi connectivity index (χ4n) is 3.94. The summed E-state index contributed by atoms with van der Waals surface area (Å²) in [6, 6.07) is 13.2. The fourth-order valence-corrected chi connectivity index (χ4v) is 3.94. The van der Waals surface area contributed by atoms with Gasteiger partial charge in [-0.15, -0.1) is 0 Å². The van der Waals surface area contributed by atoms with Crippen LogP contribution in [0.1, 0.15) is 69.5 Å². The van der Waals surface area contributed by atoms with Crippen LogP contribution in [0.3, 0.4) is 0 Å². The largest absolute Gasteiger partial charge is 0.461 e. The maximum absolute atomic E-state index is 6.24. The summed E-state index contributed by atoms with van der Waals surface area (Å²) in [4.78, 5) is 0. The first-order chi connectivity index (χ1) is 16.7. The standard InChI is InChI=1S/C29H32O5/c1-4-6-7-8-9-10-13-22-20-28(27-17-16-26(33-27)25-15-12-19-31-25)34-29(22)21(3)32-23(5-2)24-14-11-18-30-24/h5,11-12,14-20H,3-4,6-10,13H2,1-2H3/b23-5-. The van der Waals surface area contributed by atoms with Crippen molar-refractivity contribution < 1.29 is 22.4 Å². The van der Waals surface area contributed by atoms with Crippen molar-refractivity contribution in [3.05, 3.63) is 84.7 Å². The lowest BCUT2D eigenvalue weighted by atomic mass is 10.0. The maximum atomic E-state index is 6.24. The number of unbranched alkanes of at least 4 members (excludes halogenated alkanes) is 5. The summed E-state index contributed by atoms with van der Waals surface area (Å²) in [7, 11) is 0. The number of aryl methyl sites for hydroxylation is 1. The third-order valence-corrected chi connectivity index (χ3v) is 5.73. The Morgan fingerprint density at radius 1 is 0.853 bits per heavy atom. The molecule has 4 aromatic heterocycles. The van der Waals surface area contributed by atoms with Gasteiger partial charge in [-0.1, -0.05) is 45.6 Å². The van der Waals surface area contributed by atoms with E-state index in [0.29, 0.717) is 46.1 Å². The average molecular weight is 461 g/mol. The summed E-state index contributed by atoms with van der Waals surface area (Å²) >= 11 is 0. The van der Waals surface area contributed by atoms with Gasteiger partial charge in [-0.05, 0) is 68.3 Å². The molecule has 5 heteroatoms. The van der Waals surface area contributed by atoms with Gasteiger partial charge >= 0.3 is 0 Å². The number of ether oxygens (including phenoxy) is 1. The number of hydrogen-bond acceptors (Lipinski definition) is 5. The summed E-state index contributed by atoms with van der Waals surface area (Å²) in [5, 5.41) is 0. The van der Waals surface area contributed by atoms with Gasteiger partial charge in [-0.3, -0.25) is 0 Å². The van der Waals surface area contributed by atoms with Gasteiger partial charge in [0.15, 0.2) is 46.1 Å². The Morgan fingerprint density at radius 3 is 2.29 bits per heavy atom. The van der Waals surface area contributed by atoms with E-state index in [0.717, 1.165) is 18.4 Å². The monoisotopic (exact) mass is 460 g/mol. The Bertz CT molecular complexity index is 1190. The normalized spacial score (nSPS) is 11.8. The van der Waals surface area contributed by atoms with Crippen LogP contribution >= 0.6 is 0 Å². The Morgan fingerprint density at radius 2 is 1.59 bits per heavy atom. The zero-order chi connectivity index (χ0) is 23.8. The molecule has 0 N–H and O–H groups in total. The minimum absolute atomic E-state index is 0.439. The first-order valence-electron chi connectivity index (χ1n) is 12.0. The van der Waals surface area contributed by atoms with Crippen molar-refractivity contribution in [2.75, 3.05) is 0 Å². The van der Waals surface area contributed by atoms with Crippen molar-refractivity contribution in [1.82, 2.24) is 0 Å². The Hall–Kier alpha value is -3.60. The van der Waals surface area contributed by atoms with Crippen LogP contribution in [0.5, 0.6) is 0 Å². The molecule has 0 amide bonds. The topological polar surface area (TPSA) is 61.8 Å². The smallest absolute Gasteiger partial charge is 0.172 e. The third-order valence-electron chi connectivity index (χ3n) is 5.73. The minimum Gasteiger partial charge on any atom is -0.461 e. The van der Waals surface area contributed by atoms with Crippen LogP contribution in [-0.2, 0) is 11.2 Å². The minimum atomic E-state index is 0.439. The summed E-state index contributed by atoms with van der Waals surface area (Å²) in [6.07, 6.45) is 13.3. The van der Waals surface area contributed by atoms with Gasteiger partial charge in [0, 0.05) is 5.56 Å². The van der Waals surface area contributed by atoms with Gasteiger partial charge in [-0.2, -0.15) is 0 Å². The van der Waals surface area contributed by atoms with Gasteiger partial charge in [0.1, 0.15) is 0 Å². The molecule has 0 aromatic carbocycles. The molecule has 5 nitrogen and oxygen atoms in total. The molecule has 4 heterocycles. The van der Waals surface area contributed by atoms with Crippen LogP contribution in [-0.4, -0.2) is 0 Å². The molecular formula is C29H32O5. The van der Waals surface area contributed by atoms with E-state index < -0.39 is 0 Å². The Labute approximate surface area is 200 Å². The van der Waals surface area contributed by atoms with E-state index in [4.69, 9.17) is 22.4 Å². The highest BCUT2D eigenvalue weighted by Gasteiger charge is 2.20. The quantitative estimate of drug-likeness (QED) is 0.147. The third kappa shape index (κ3) is 5.66. The zero-order valence-corrected chi connectivity index (χ0v) is 20.0. The molecule has 0 fully saturated rings. The highest BCUT2D eigenvalue weighted by Crippen LogP contribution is 2.35. The second-order valence-corrected chi connectivity index (χ2v) is 8.28. The molecule has 0 saturated carbocycles. The van der Waals surface area contributed by atoms with E-state index in [2.05, 4.69) is 13.5 Å². The number of furan rings is 4. The highest BCUT2D eigenvalue weighted by atomic mass is 16.5. The highest BCUT2D eigenvalue weighted by molar-refractivity contribution is 5.68. The number of rotatable bonds is 13. The molecule has 4 aromatic rings. The molecule has 0 atom stereocenters. The second kappa shape index (κ2) is 11.5. The van der Waals surface area contributed by atoms with Crippen molar-refractivity contribution in [2.45, 2.75) is 58.8 Å². The number of hydrogen-bond donors (Lipinski definition) is 0. The van der Waals surface area contributed by atoms with E-state index in [9.17, 15) is 0 Å². The van der Waals surface area contributed by atoms with Crippen LogP contribution in [0.2, 0.25) is 0 Å². The SMILES string of the molecule is C=C(O/C(=C\C)c1ccco1)c1oc(-c2ccc(-c3ccco3)o2)cc1CCCCCCCC. The average Bonchev–Trinajstić information content (AvgIpc) is 3.65. The lowest BCUT2D eigenvalue weighted by Crippen LogP contribution is -1.94. The lowest BCUT2D eigenvalue weighted by molar-refractivity contribution is 0.411. The van der Waals surface area contributed by atoms with Crippen molar-refractivity contribution in [2.24, 2.45) is 0 Å². The van der Waals surface area contributed by atoms with E-state index in [1.807, 2.05) is 55.5 Å². The van der Waals surface area contributed by atoms with Crippen LogP contribution in [0.4, 0.5) is 0 Å². The second-order valence-electron chi connectivity index (χ2n) is 8.28. The van der Waals surface area contributed by atoms with Crippen LogP contribution in [0.25, 0.3) is 34.6 Å². The van der Waals surface area contributed by atoms with Gasteiger partial charge in [0.25, 0.3) is 0 Å². The van der Waals surface area contributed by atoms with E-state index in [-0.39, 0.29) is 0 Å². The van der Waals surface area contributed by atoms with Crippen LogP contribution < -0.4 is 0 Å². The summed E-state index contributed by atoms with van der Waals surface area (Å²) in [5.74, 6) is 4.90. The molecule has 4 rings (SSSR count). The molecule has 0 radical (unpaired) electrons. The van der Waals surface area contributed by atoms with Gasteiger partial charge < -0.3 is 22.4 Å². The van der Waals surface area contributed by atoms with Crippen LogP contribution in [0.15, 0.2) is 85.3 Å². The molecule has 0 spiro atoms. The molecule has 0 aliphatic heterocycles. The molecule has 34 heavy (non-hydrogen) atoms. The Balaban J connectivity index is 1.54. The molecular weight excluding hydrogens is 428 g/mol. The zero-order valence-electron chi connectivity index (χ0n) is 20.0. The molecule has 0 bridgehead atoms. The van der Waals surface area contributed by atoms with E-state index >= 15 is 0 Å². The first-order valence-corrected chi connectivity index (χ1v) is 12.0. The molecule has 0 unspecified atom stereocenters. The predicted octanol–water partition coefficient (Wildman–Crippen LogP) is 9.34. The van der Waals surface area contributed by atoms with Crippen molar-refractivity contribution in [1.29, 1.82) is 0 Å². The first kappa shape index (κ1) is 23.6. The van der Waals surface area contributed by atoms with Gasteiger partial charge in [0.05, 0.1) is 12.5 Å². The van der Waals surface area contributed by atoms with Crippen molar-refractivity contribution in [3.8, 4) is 23.0 Å². The molecule has 0 saturated heterocycles. The number of allylic oxidation sites excluding steroid dienone is 1. The van der Waals surface area contributed by atoms with E-state index in [1.54, 1.807) is 12.5 Å². The summed E-state index contributed by atoms with van der Waals surface area (Å²) in [5.41, 5.74) is 1.06. The van der Waals surface area contributed by atoms with Gasteiger partial charge in [-0.25, -0.2) is 0 Å². The van der Waals surface area contributed by atoms with Crippen LogP contribution in [0, 0.1) is 0 Å². The summed E-state index contributed by atoms with van der Waals surface area (Å²) < 4.78 is 29.3. The Kier molecular flexibility index (Phi) is 7.97. The lowest BCUT2D eigenvalue weighted by Gasteiger charge is -2.10. The van der Waals surface area contributed by atoms with E-state index in [1.165, 1.54) is 32.1 Å². The van der Waals surface area contributed by atoms with Crippen molar-refractivity contribution >= 4 is 11.5 Å². The maximum Gasteiger partial charge on any atom is 0.172 e. The van der Waals surface area contributed by atoms with Gasteiger partial charge in [0.2, 0.25) is 0 Å². The summed E-state index contributed by atoms with van der Waals surface area (Å²) in [6.45, 7) is 8.29. The molecule has 178 valence electrons. The molecule has 0 aliphatic rings. The molecule has 0 aliphatic carbocycles. The predicted molar refractivity (Wildman–Crippen MR) is 134 cm³/mol. The van der Waals surface area contributed by atoms with Crippen molar-refractivity contribution in [3.63, 3.8) is 0 Å². The fraction of sp³-hybridized carbons (Fsp3) is 0.310.